The lowest BCUT2D eigenvalue weighted by Gasteiger charge is -2.14. The molecule has 4 rings (SSSR count). The molecule has 33 heavy (non-hydrogen) atoms. The molecule has 1 amide bonds. The quantitative estimate of drug-likeness (QED) is 0.220. The molecule has 3 aromatic carbocycles. The van der Waals surface area contributed by atoms with Crippen molar-refractivity contribution >= 4 is 74.2 Å². The molecular weight excluding hydrogens is 577 g/mol. The minimum absolute atomic E-state index is 0.108. The number of nitrogens with one attached hydrogen (secondary N) is 2. The molecule has 0 aliphatic heterocycles. The summed E-state index contributed by atoms with van der Waals surface area (Å²) in [5.74, 6) is 0.714. The van der Waals surface area contributed by atoms with Gasteiger partial charge in [-0.2, -0.15) is 0 Å². The first-order valence-electron chi connectivity index (χ1n) is 9.59. The zero-order valence-electron chi connectivity index (χ0n) is 17.4. The first-order chi connectivity index (χ1) is 15.9. The van der Waals surface area contributed by atoms with E-state index in [-0.39, 0.29) is 10.7 Å². The van der Waals surface area contributed by atoms with Gasteiger partial charge in [0.15, 0.2) is 10.7 Å². The number of ether oxygens (including phenoxy) is 2. The molecule has 0 saturated carbocycles. The highest BCUT2D eigenvalue weighted by molar-refractivity contribution is 14.1. The van der Waals surface area contributed by atoms with Crippen LogP contribution in [0, 0.1) is 3.57 Å². The van der Waals surface area contributed by atoms with Crippen LogP contribution >= 0.6 is 46.4 Å². The van der Waals surface area contributed by atoms with Crippen LogP contribution in [-0.2, 0) is 0 Å². The molecule has 0 bridgehead atoms. The number of anilines is 1. The molecule has 0 unspecified atom stereocenters. The molecule has 0 aliphatic carbocycles. The van der Waals surface area contributed by atoms with Crippen LogP contribution in [0.3, 0.4) is 0 Å². The standard InChI is InChI=1S/C23H17ClIN3O4S/c1-30-18-4-3-5-19(31-2)20(18)21(29)28-23(33)26-13-7-9-17-16(11-13)27-22(32-17)14-10-12(25)6-8-15(14)24/h3-11H,1-2H3,(H2,26,28,29,33). The Balaban J connectivity index is 1.53. The number of carbonyl (C=O) groups is 1. The Hall–Kier alpha value is -2.89. The van der Waals surface area contributed by atoms with Gasteiger partial charge < -0.3 is 19.2 Å². The van der Waals surface area contributed by atoms with Crippen molar-refractivity contribution in [1.82, 2.24) is 10.3 Å². The average Bonchev–Trinajstić information content (AvgIpc) is 3.23. The molecule has 0 saturated heterocycles. The highest BCUT2D eigenvalue weighted by Crippen LogP contribution is 2.32. The predicted octanol–water partition coefficient (Wildman–Crippen LogP) is 5.90. The Kier molecular flexibility index (Phi) is 7.01. The topological polar surface area (TPSA) is 85.6 Å². The normalized spacial score (nSPS) is 10.7. The summed E-state index contributed by atoms with van der Waals surface area (Å²) in [4.78, 5) is 17.3. The van der Waals surface area contributed by atoms with Crippen LogP contribution in [0.1, 0.15) is 10.4 Å². The molecule has 10 heteroatoms. The van der Waals surface area contributed by atoms with Gasteiger partial charge in [0.25, 0.3) is 5.91 Å². The second-order valence-corrected chi connectivity index (χ2v) is 8.83. The Morgan fingerprint density at radius 3 is 2.52 bits per heavy atom. The first-order valence-corrected chi connectivity index (χ1v) is 11.5. The lowest BCUT2D eigenvalue weighted by molar-refractivity contribution is 0.0971. The zero-order chi connectivity index (χ0) is 23.5. The van der Waals surface area contributed by atoms with Crippen LogP contribution in [0.2, 0.25) is 5.02 Å². The Morgan fingerprint density at radius 2 is 1.82 bits per heavy atom. The lowest BCUT2D eigenvalue weighted by Crippen LogP contribution is -2.34. The molecule has 2 N–H and O–H groups in total. The number of thiocarbonyl (C=S) groups is 1. The average molecular weight is 594 g/mol. The molecule has 0 aliphatic rings. The summed E-state index contributed by atoms with van der Waals surface area (Å²) in [5.41, 5.74) is 2.80. The SMILES string of the molecule is COc1cccc(OC)c1C(=O)NC(=S)Nc1ccc2oc(-c3cc(I)ccc3Cl)nc2c1. The van der Waals surface area contributed by atoms with Crippen molar-refractivity contribution in [3.05, 3.63) is 68.8 Å². The van der Waals surface area contributed by atoms with E-state index in [2.05, 4.69) is 38.2 Å². The van der Waals surface area contributed by atoms with Crippen LogP contribution in [0.4, 0.5) is 5.69 Å². The summed E-state index contributed by atoms with van der Waals surface area (Å²) >= 11 is 13.8. The number of aromatic nitrogens is 1. The molecule has 1 heterocycles. The van der Waals surface area contributed by atoms with Gasteiger partial charge in [-0.05, 0) is 83.3 Å². The number of benzene rings is 3. The summed E-state index contributed by atoms with van der Waals surface area (Å²) < 4.78 is 17.4. The van der Waals surface area contributed by atoms with Crippen molar-refractivity contribution < 1.29 is 18.7 Å². The van der Waals surface area contributed by atoms with Gasteiger partial charge in [-0.15, -0.1) is 0 Å². The van der Waals surface area contributed by atoms with Crippen LogP contribution in [0.15, 0.2) is 59.0 Å². The number of halogens is 2. The van der Waals surface area contributed by atoms with E-state index in [1.54, 1.807) is 42.5 Å². The third-order valence-electron chi connectivity index (χ3n) is 4.69. The van der Waals surface area contributed by atoms with Crippen molar-refractivity contribution in [3.8, 4) is 23.0 Å². The number of nitrogens with zero attached hydrogens (tertiary/aromatic N) is 1. The van der Waals surface area contributed by atoms with Crippen molar-refractivity contribution in [2.45, 2.75) is 0 Å². The predicted molar refractivity (Wildman–Crippen MR) is 140 cm³/mol. The molecule has 7 nitrogen and oxygen atoms in total. The van der Waals surface area contributed by atoms with Crippen molar-refractivity contribution in [1.29, 1.82) is 0 Å². The van der Waals surface area contributed by atoms with E-state index >= 15 is 0 Å². The number of methoxy groups -OCH3 is 2. The summed E-state index contributed by atoms with van der Waals surface area (Å²) in [6, 6.07) is 16.0. The van der Waals surface area contributed by atoms with Crippen molar-refractivity contribution in [2.24, 2.45) is 0 Å². The molecule has 0 fully saturated rings. The number of carbonyl (C=O) groups excluding carboxylic acids is 1. The minimum Gasteiger partial charge on any atom is -0.496 e. The van der Waals surface area contributed by atoms with Gasteiger partial charge in [0, 0.05) is 9.26 Å². The molecule has 168 valence electrons. The van der Waals surface area contributed by atoms with E-state index < -0.39 is 5.91 Å². The van der Waals surface area contributed by atoms with Gasteiger partial charge >= 0.3 is 0 Å². The van der Waals surface area contributed by atoms with E-state index in [1.807, 2.05) is 12.1 Å². The fourth-order valence-electron chi connectivity index (χ4n) is 3.18. The van der Waals surface area contributed by atoms with E-state index in [0.29, 0.717) is 44.8 Å². The molecule has 4 aromatic rings. The van der Waals surface area contributed by atoms with Gasteiger partial charge in [-0.1, -0.05) is 17.7 Å². The number of hydrogen-bond donors (Lipinski definition) is 2. The number of amides is 1. The van der Waals surface area contributed by atoms with Gasteiger partial charge in [0.05, 0.1) is 24.8 Å². The Labute approximate surface area is 213 Å². The monoisotopic (exact) mass is 593 g/mol. The second kappa shape index (κ2) is 9.94. The minimum atomic E-state index is -0.458. The maximum atomic E-state index is 12.8. The number of rotatable bonds is 5. The third-order valence-corrected chi connectivity index (χ3v) is 5.89. The fourth-order valence-corrected chi connectivity index (χ4v) is 4.08. The third kappa shape index (κ3) is 5.05. The molecule has 0 spiro atoms. The van der Waals surface area contributed by atoms with E-state index in [1.165, 1.54) is 14.2 Å². The zero-order valence-corrected chi connectivity index (χ0v) is 21.2. The fraction of sp³-hybridized carbons (Fsp3) is 0.0870. The largest absolute Gasteiger partial charge is 0.496 e. The second-order valence-electron chi connectivity index (χ2n) is 6.77. The van der Waals surface area contributed by atoms with E-state index in [9.17, 15) is 4.79 Å². The van der Waals surface area contributed by atoms with Crippen LogP contribution in [0.5, 0.6) is 11.5 Å². The van der Waals surface area contributed by atoms with Crippen molar-refractivity contribution in [3.63, 3.8) is 0 Å². The first kappa shape index (κ1) is 23.3. The van der Waals surface area contributed by atoms with Crippen LogP contribution in [0.25, 0.3) is 22.6 Å². The summed E-state index contributed by atoms with van der Waals surface area (Å²) in [6.07, 6.45) is 0. The summed E-state index contributed by atoms with van der Waals surface area (Å²) in [7, 11) is 2.96. The van der Waals surface area contributed by atoms with Gasteiger partial charge in [-0.25, -0.2) is 4.98 Å². The van der Waals surface area contributed by atoms with Gasteiger partial charge in [0.2, 0.25) is 5.89 Å². The maximum absolute atomic E-state index is 12.8. The highest BCUT2D eigenvalue weighted by atomic mass is 127. The lowest BCUT2D eigenvalue weighted by atomic mass is 10.1. The Bertz CT molecular complexity index is 1350. The summed E-state index contributed by atoms with van der Waals surface area (Å²) in [6.45, 7) is 0. The highest BCUT2D eigenvalue weighted by Gasteiger charge is 2.19. The van der Waals surface area contributed by atoms with Crippen LogP contribution < -0.4 is 20.1 Å². The number of hydrogen-bond acceptors (Lipinski definition) is 6. The number of fused-ring (bicyclic) bond motifs is 1. The van der Waals surface area contributed by atoms with Gasteiger partial charge in [-0.3, -0.25) is 10.1 Å². The molecule has 0 atom stereocenters. The summed E-state index contributed by atoms with van der Waals surface area (Å²) in [5, 5.41) is 6.29. The maximum Gasteiger partial charge on any atom is 0.264 e. The molecular formula is C23H17ClIN3O4S. The Morgan fingerprint density at radius 1 is 1.09 bits per heavy atom. The van der Waals surface area contributed by atoms with Crippen molar-refractivity contribution in [2.75, 3.05) is 19.5 Å². The molecule has 0 radical (unpaired) electrons. The molecule has 1 aromatic heterocycles. The number of oxazole rings is 1. The smallest absolute Gasteiger partial charge is 0.264 e. The van der Waals surface area contributed by atoms with E-state index in [4.69, 9.17) is 37.7 Å². The van der Waals surface area contributed by atoms with E-state index in [0.717, 1.165) is 3.57 Å². The van der Waals surface area contributed by atoms with Gasteiger partial charge in [0.1, 0.15) is 22.6 Å². The van der Waals surface area contributed by atoms with Crippen LogP contribution in [-0.4, -0.2) is 30.2 Å².